The van der Waals surface area contributed by atoms with Gasteiger partial charge in [-0.1, -0.05) is 224 Å². The van der Waals surface area contributed by atoms with Gasteiger partial charge in [0.1, 0.15) is 19.8 Å². The van der Waals surface area contributed by atoms with Gasteiger partial charge in [-0.3, -0.25) is 14.2 Å². The van der Waals surface area contributed by atoms with Crippen molar-refractivity contribution < 1.29 is 42.1 Å². The van der Waals surface area contributed by atoms with Crippen LogP contribution in [0.1, 0.15) is 194 Å². The summed E-state index contributed by atoms with van der Waals surface area (Å²) in [6.45, 7) is 4.03. The van der Waals surface area contributed by atoms with Crippen molar-refractivity contribution in [3.05, 3.63) is 146 Å². The van der Waals surface area contributed by atoms with Crippen molar-refractivity contribution in [2.45, 2.75) is 200 Å². The Hall–Kier alpha value is -4.11. The highest BCUT2D eigenvalue weighted by Crippen LogP contribution is 2.38. The van der Waals surface area contributed by atoms with Crippen LogP contribution < -0.4 is 4.89 Å². The van der Waals surface area contributed by atoms with Gasteiger partial charge in [0.25, 0.3) is 7.82 Å². The first-order valence-electron chi connectivity index (χ1n) is 28.5. The zero-order valence-corrected chi connectivity index (χ0v) is 48.1. The van der Waals surface area contributed by atoms with Crippen molar-refractivity contribution in [2.24, 2.45) is 0 Å². The molecule has 418 valence electrons. The van der Waals surface area contributed by atoms with E-state index in [2.05, 4.69) is 160 Å². The van der Waals surface area contributed by atoms with Crippen LogP contribution in [0.2, 0.25) is 0 Å². The molecule has 0 aliphatic carbocycles. The monoisotopic (exact) mass is 1050 g/mol. The number of carbonyl (C=O) groups excluding carboxylic acids is 2. The third-order valence-electron chi connectivity index (χ3n) is 11.4. The minimum atomic E-state index is -4.65. The van der Waals surface area contributed by atoms with E-state index in [1.54, 1.807) is 0 Å². The number of nitrogens with zero attached hydrogens (tertiary/aromatic N) is 1. The van der Waals surface area contributed by atoms with Gasteiger partial charge >= 0.3 is 11.9 Å². The standard InChI is InChI=1S/C64H104NO8P/c1-6-8-10-12-14-16-18-19-20-21-22-23-24-25-26-27-28-29-30-31-32-33-34-35-36-37-38-39-40-41-42-43-44-45-47-49-51-53-55-57-64(67)73-62(61-72-74(68,69)71-59-58-65(3,4)5)60-70-63(66)56-54-52-50-48-46-17-15-13-11-9-7-2/h8,10,14,16,19-20,22-23,25-26,28-29,31-32,34-35,37-38,40-41,43-44,47,49,62H,6-7,9,11-13,15,17-18,21,24,27,30,33,36,39,42,45-46,48,50-61H2,1-5H3/b10-8-,16-14-,20-19-,23-22-,26-25-,29-28-,32-31-,35-34-,38-37-,41-40-,44-43-,49-47-. The molecule has 0 aromatic rings. The molecule has 2 atom stereocenters. The Kier molecular flexibility index (Phi) is 50.7. The quantitative estimate of drug-likeness (QED) is 0.0195. The number of hydrogen-bond acceptors (Lipinski definition) is 8. The number of hydrogen-bond donors (Lipinski definition) is 0. The highest BCUT2D eigenvalue weighted by Gasteiger charge is 2.21. The number of likely N-dealkylation sites (N-methyl/N-ethyl adjacent to an activating group) is 1. The predicted molar refractivity (Wildman–Crippen MR) is 314 cm³/mol. The molecule has 0 spiro atoms. The van der Waals surface area contributed by atoms with Crippen LogP contribution in [-0.4, -0.2) is 70.0 Å². The largest absolute Gasteiger partial charge is 0.756 e. The van der Waals surface area contributed by atoms with Crippen molar-refractivity contribution in [2.75, 3.05) is 47.5 Å². The van der Waals surface area contributed by atoms with E-state index in [4.69, 9.17) is 18.5 Å². The minimum absolute atomic E-state index is 0.0461. The van der Waals surface area contributed by atoms with Crippen LogP contribution in [0, 0.1) is 0 Å². The van der Waals surface area contributed by atoms with Crippen LogP contribution in [0.25, 0.3) is 0 Å². The van der Waals surface area contributed by atoms with Gasteiger partial charge in [-0.15, -0.1) is 0 Å². The molecule has 74 heavy (non-hydrogen) atoms. The lowest BCUT2D eigenvalue weighted by molar-refractivity contribution is -0.870. The summed E-state index contributed by atoms with van der Waals surface area (Å²) in [5.41, 5.74) is 0. The van der Waals surface area contributed by atoms with Gasteiger partial charge in [0.2, 0.25) is 0 Å². The second-order valence-corrected chi connectivity index (χ2v) is 21.0. The first-order valence-corrected chi connectivity index (χ1v) is 30.0. The van der Waals surface area contributed by atoms with Crippen LogP contribution in [0.4, 0.5) is 0 Å². The number of quaternary nitrogens is 1. The first kappa shape index (κ1) is 69.9. The molecule has 0 aromatic heterocycles. The van der Waals surface area contributed by atoms with Gasteiger partial charge in [-0.25, -0.2) is 0 Å². The van der Waals surface area contributed by atoms with Crippen molar-refractivity contribution >= 4 is 19.8 Å². The van der Waals surface area contributed by atoms with E-state index < -0.39 is 32.5 Å². The molecule has 0 aliphatic heterocycles. The SMILES string of the molecule is CC/C=C\C/C=C\C/C=C\C/C=C\C/C=C\C/C=C\C/C=C\C/C=C\C/C=C\C/C=C\C/C=C\C/C=C\CCCCC(=O)OC(COC(=O)CCCCCCCCCCCCC)COP(=O)([O-])OCC[N+](C)(C)C. The number of allylic oxidation sites excluding steroid dienone is 24. The summed E-state index contributed by atoms with van der Waals surface area (Å²) in [7, 11) is 1.12. The molecule has 2 unspecified atom stereocenters. The van der Waals surface area contributed by atoms with Crippen LogP contribution in [-0.2, 0) is 32.7 Å². The fourth-order valence-corrected chi connectivity index (χ4v) is 7.72. The van der Waals surface area contributed by atoms with Gasteiger partial charge < -0.3 is 27.9 Å². The molecule has 0 radical (unpaired) electrons. The minimum Gasteiger partial charge on any atom is -0.756 e. The molecule has 0 saturated carbocycles. The van der Waals surface area contributed by atoms with Gasteiger partial charge in [0, 0.05) is 12.8 Å². The summed E-state index contributed by atoms with van der Waals surface area (Å²) in [5, 5.41) is 0. The number of rotatable bonds is 50. The summed E-state index contributed by atoms with van der Waals surface area (Å²) < 4.78 is 33.9. The van der Waals surface area contributed by atoms with E-state index in [1.807, 2.05) is 21.1 Å². The third-order valence-corrected chi connectivity index (χ3v) is 12.3. The molecule has 0 bridgehead atoms. The van der Waals surface area contributed by atoms with E-state index in [9.17, 15) is 19.0 Å². The average Bonchev–Trinajstić information content (AvgIpc) is 3.36. The number of unbranched alkanes of at least 4 members (excludes halogenated alkanes) is 12. The molecule has 0 rings (SSSR count). The van der Waals surface area contributed by atoms with Crippen LogP contribution in [0.3, 0.4) is 0 Å². The third kappa shape index (κ3) is 57.2. The molecule has 0 amide bonds. The molecule has 0 saturated heterocycles. The predicted octanol–water partition coefficient (Wildman–Crippen LogP) is 17.3. The number of esters is 2. The summed E-state index contributed by atoms with van der Waals surface area (Å²) in [5.74, 6) is -0.896. The molecular weight excluding hydrogens is 942 g/mol. The molecule has 9 nitrogen and oxygen atoms in total. The Morgan fingerprint density at radius 1 is 0.432 bits per heavy atom. The number of carbonyl (C=O) groups is 2. The van der Waals surface area contributed by atoms with E-state index in [1.165, 1.54) is 51.4 Å². The maximum Gasteiger partial charge on any atom is 0.306 e. The van der Waals surface area contributed by atoms with Gasteiger partial charge in [-0.05, 0) is 103 Å². The van der Waals surface area contributed by atoms with Crippen molar-refractivity contribution in [3.63, 3.8) is 0 Å². The lowest BCUT2D eigenvalue weighted by Gasteiger charge is -2.28. The topological polar surface area (TPSA) is 111 Å². The van der Waals surface area contributed by atoms with Gasteiger partial charge in [0.15, 0.2) is 6.10 Å². The Morgan fingerprint density at radius 2 is 0.770 bits per heavy atom. The summed E-state index contributed by atoms with van der Waals surface area (Å²) >= 11 is 0. The Bertz CT molecular complexity index is 1760. The van der Waals surface area contributed by atoms with E-state index in [0.29, 0.717) is 17.4 Å². The summed E-state index contributed by atoms with van der Waals surface area (Å²) in [6.07, 6.45) is 79.1. The molecule has 0 N–H and O–H groups in total. The second kappa shape index (κ2) is 53.7. The number of phosphoric ester groups is 1. The fraction of sp³-hybridized carbons (Fsp3) is 0.594. The highest BCUT2D eigenvalue weighted by atomic mass is 31.2. The summed E-state index contributed by atoms with van der Waals surface area (Å²) in [6, 6.07) is 0. The number of phosphoric acid groups is 1. The second-order valence-electron chi connectivity index (χ2n) is 19.6. The van der Waals surface area contributed by atoms with Crippen LogP contribution in [0.15, 0.2) is 146 Å². The molecule has 0 heterocycles. The normalized spacial score (nSPS) is 14.4. The molecular formula is C64H104NO8P. The molecule has 0 fully saturated rings. The fourth-order valence-electron chi connectivity index (χ4n) is 6.99. The van der Waals surface area contributed by atoms with Gasteiger partial charge in [-0.2, -0.15) is 0 Å². The van der Waals surface area contributed by atoms with Crippen LogP contribution >= 0.6 is 7.82 Å². The smallest absolute Gasteiger partial charge is 0.306 e. The maximum atomic E-state index is 12.7. The van der Waals surface area contributed by atoms with Crippen molar-refractivity contribution in [1.29, 1.82) is 0 Å². The van der Waals surface area contributed by atoms with E-state index in [0.717, 1.165) is 109 Å². The van der Waals surface area contributed by atoms with Crippen molar-refractivity contribution in [3.8, 4) is 0 Å². The Labute approximate surface area is 453 Å². The Balaban J connectivity index is 4.22. The average molecular weight is 1050 g/mol. The molecule has 0 aromatic carbocycles. The zero-order valence-electron chi connectivity index (χ0n) is 47.2. The lowest BCUT2D eigenvalue weighted by atomic mass is 10.1. The summed E-state index contributed by atoms with van der Waals surface area (Å²) in [4.78, 5) is 37.7. The maximum absolute atomic E-state index is 12.7. The number of ether oxygens (including phenoxy) is 2. The van der Waals surface area contributed by atoms with E-state index in [-0.39, 0.29) is 26.1 Å². The van der Waals surface area contributed by atoms with E-state index >= 15 is 0 Å². The van der Waals surface area contributed by atoms with Crippen molar-refractivity contribution in [1.82, 2.24) is 0 Å². The van der Waals surface area contributed by atoms with Crippen LogP contribution in [0.5, 0.6) is 0 Å². The molecule has 0 aliphatic rings. The highest BCUT2D eigenvalue weighted by molar-refractivity contribution is 7.45. The Morgan fingerprint density at radius 3 is 1.15 bits per heavy atom. The lowest BCUT2D eigenvalue weighted by Crippen LogP contribution is -2.37. The zero-order chi connectivity index (χ0) is 54.2. The van der Waals surface area contributed by atoms with Gasteiger partial charge in [0.05, 0.1) is 27.7 Å². The first-order chi connectivity index (χ1) is 36.0. The molecule has 10 heteroatoms.